The van der Waals surface area contributed by atoms with Gasteiger partial charge in [-0.1, -0.05) is 13.0 Å². The van der Waals surface area contributed by atoms with E-state index in [4.69, 9.17) is 5.11 Å². The zero-order chi connectivity index (χ0) is 12.3. The zero-order valence-electron chi connectivity index (χ0n) is 10.3. The molecule has 2 rings (SSSR count). The SMILES string of the molecule is CCC(CO)NCc1cnc2ccc(C)cn12. The number of hydrogen-bond donors (Lipinski definition) is 2. The fraction of sp³-hybridized carbons (Fsp3) is 0.462. The molecule has 2 N–H and O–H groups in total. The third kappa shape index (κ3) is 2.65. The minimum atomic E-state index is 0.158. The average Bonchev–Trinajstić information content (AvgIpc) is 2.73. The predicted octanol–water partition coefficient (Wildman–Crippen LogP) is 1.50. The van der Waals surface area contributed by atoms with Crippen LogP contribution in [0.25, 0.3) is 5.65 Å². The number of pyridine rings is 1. The van der Waals surface area contributed by atoms with Crippen molar-refractivity contribution >= 4 is 5.65 Å². The molecule has 0 amide bonds. The van der Waals surface area contributed by atoms with Gasteiger partial charge in [0.1, 0.15) is 5.65 Å². The number of aliphatic hydroxyl groups excluding tert-OH is 1. The van der Waals surface area contributed by atoms with Crippen molar-refractivity contribution < 1.29 is 5.11 Å². The van der Waals surface area contributed by atoms with E-state index in [1.54, 1.807) is 0 Å². The van der Waals surface area contributed by atoms with Gasteiger partial charge in [-0.25, -0.2) is 4.98 Å². The lowest BCUT2D eigenvalue weighted by Gasteiger charge is -2.13. The molecule has 0 radical (unpaired) electrons. The summed E-state index contributed by atoms with van der Waals surface area (Å²) in [5.74, 6) is 0. The first kappa shape index (κ1) is 12.1. The van der Waals surface area contributed by atoms with Crippen molar-refractivity contribution in [3.05, 3.63) is 35.8 Å². The van der Waals surface area contributed by atoms with Crippen LogP contribution in [-0.4, -0.2) is 27.1 Å². The number of rotatable bonds is 5. The van der Waals surface area contributed by atoms with E-state index in [9.17, 15) is 0 Å². The standard InChI is InChI=1S/C13H19N3O/c1-3-11(9-17)14-6-12-7-15-13-5-4-10(2)8-16(12)13/h4-5,7-8,11,14,17H,3,6,9H2,1-2H3. The normalized spacial score (nSPS) is 13.1. The van der Waals surface area contributed by atoms with E-state index in [0.29, 0.717) is 0 Å². The second-order valence-electron chi connectivity index (χ2n) is 4.35. The van der Waals surface area contributed by atoms with Gasteiger partial charge in [-0.05, 0) is 25.0 Å². The second-order valence-corrected chi connectivity index (χ2v) is 4.35. The van der Waals surface area contributed by atoms with Gasteiger partial charge in [0.25, 0.3) is 0 Å². The van der Waals surface area contributed by atoms with Crippen LogP contribution in [0.15, 0.2) is 24.5 Å². The van der Waals surface area contributed by atoms with Crippen LogP contribution in [0, 0.1) is 6.92 Å². The maximum atomic E-state index is 9.13. The van der Waals surface area contributed by atoms with E-state index < -0.39 is 0 Å². The molecule has 4 heteroatoms. The number of hydrogen-bond acceptors (Lipinski definition) is 3. The van der Waals surface area contributed by atoms with Crippen LogP contribution in [0.1, 0.15) is 24.6 Å². The van der Waals surface area contributed by atoms with E-state index in [0.717, 1.165) is 24.3 Å². The molecule has 0 fully saturated rings. The Bertz CT molecular complexity index is 488. The highest BCUT2D eigenvalue weighted by Gasteiger charge is 2.06. The summed E-state index contributed by atoms with van der Waals surface area (Å²) in [6.07, 6.45) is 4.89. The van der Waals surface area contributed by atoms with Gasteiger partial charge in [0.05, 0.1) is 18.5 Å². The van der Waals surface area contributed by atoms with Crippen molar-refractivity contribution in [2.75, 3.05) is 6.61 Å². The number of aliphatic hydroxyl groups is 1. The van der Waals surface area contributed by atoms with E-state index >= 15 is 0 Å². The molecule has 17 heavy (non-hydrogen) atoms. The minimum Gasteiger partial charge on any atom is -0.395 e. The summed E-state index contributed by atoms with van der Waals surface area (Å²) in [6.45, 7) is 5.03. The molecule has 0 aliphatic carbocycles. The molecule has 0 aliphatic heterocycles. The molecule has 1 atom stereocenters. The molecule has 4 nitrogen and oxygen atoms in total. The van der Waals surface area contributed by atoms with E-state index in [-0.39, 0.29) is 12.6 Å². The summed E-state index contributed by atoms with van der Waals surface area (Å²) in [5, 5.41) is 12.4. The van der Waals surface area contributed by atoms with Gasteiger partial charge in [-0.2, -0.15) is 0 Å². The molecule has 2 aromatic rings. The Kier molecular flexibility index (Phi) is 3.76. The van der Waals surface area contributed by atoms with Crippen molar-refractivity contribution in [1.29, 1.82) is 0 Å². The van der Waals surface area contributed by atoms with E-state index in [1.807, 2.05) is 12.3 Å². The topological polar surface area (TPSA) is 49.6 Å². The number of fused-ring (bicyclic) bond motifs is 1. The highest BCUT2D eigenvalue weighted by atomic mass is 16.3. The summed E-state index contributed by atoms with van der Waals surface area (Å²) in [6, 6.07) is 4.23. The maximum absolute atomic E-state index is 9.13. The number of imidazole rings is 1. The van der Waals surface area contributed by atoms with Crippen LogP contribution in [0.2, 0.25) is 0 Å². The lowest BCUT2D eigenvalue weighted by molar-refractivity contribution is 0.238. The van der Waals surface area contributed by atoms with Crippen molar-refractivity contribution in [1.82, 2.24) is 14.7 Å². The Morgan fingerprint density at radius 2 is 2.29 bits per heavy atom. The first-order valence-corrected chi connectivity index (χ1v) is 6.01. The van der Waals surface area contributed by atoms with Crippen molar-refractivity contribution in [2.45, 2.75) is 32.9 Å². The molecule has 1 unspecified atom stereocenters. The summed E-state index contributed by atoms with van der Waals surface area (Å²) >= 11 is 0. The molecule has 0 spiro atoms. The largest absolute Gasteiger partial charge is 0.395 e. The van der Waals surface area contributed by atoms with Gasteiger partial charge in [0, 0.05) is 18.8 Å². The number of nitrogens with one attached hydrogen (secondary N) is 1. The number of nitrogens with zero attached hydrogens (tertiary/aromatic N) is 2. The maximum Gasteiger partial charge on any atom is 0.136 e. The Hall–Kier alpha value is -1.39. The van der Waals surface area contributed by atoms with Gasteiger partial charge in [0.2, 0.25) is 0 Å². The van der Waals surface area contributed by atoms with Crippen molar-refractivity contribution in [2.24, 2.45) is 0 Å². The predicted molar refractivity (Wildman–Crippen MR) is 67.9 cm³/mol. The third-order valence-electron chi connectivity index (χ3n) is 3.02. The molecule has 0 aromatic carbocycles. The van der Waals surface area contributed by atoms with Crippen LogP contribution < -0.4 is 5.32 Å². The summed E-state index contributed by atoms with van der Waals surface area (Å²) in [5.41, 5.74) is 3.30. The fourth-order valence-electron chi connectivity index (χ4n) is 1.85. The second kappa shape index (κ2) is 5.29. The van der Waals surface area contributed by atoms with Gasteiger partial charge < -0.3 is 14.8 Å². The van der Waals surface area contributed by atoms with Crippen molar-refractivity contribution in [3.63, 3.8) is 0 Å². The van der Waals surface area contributed by atoms with Crippen molar-refractivity contribution in [3.8, 4) is 0 Å². The minimum absolute atomic E-state index is 0.158. The van der Waals surface area contributed by atoms with Crippen LogP contribution in [0.5, 0.6) is 0 Å². The molecular weight excluding hydrogens is 214 g/mol. The quantitative estimate of drug-likeness (QED) is 0.823. The van der Waals surface area contributed by atoms with E-state index in [1.165, 1.54) is 5.56 Å². The lowest BCUT2D eigenvalue weighted by Crippen LogP contribution is -2.31. The zero-order valence-corrected chi connectivity index (χ0v) is 10.3. The Balaban J connectivity index is 2.16. The first-order chi connectivity index (χ1) is 8.24. The van der Waals surface area contributed by atoms with Crippen LogP contribution in [0.3, 0.4) is 0 Å². The Morgan fingerprint density at radius 1 is 1.47 bits per heavy atom. The molecule has 92 valence electrons. The van der Waals surface area contributed by atoms with Gasteiger partial charge in [-0.15, -0.1) is 0 Å². The highest BCUT2D eigenvalue weighted by Crippen LogP contribution is 2.08. The Labute approximate surface area is 101 Å². The Morgan fingerprint density at radius 3 is 3.00 bits per heavy atom. The smallest absolute Gasteiger partial charge is 0.136 e. The molecule has 0 aliphatic rings. The van der Waals surface area contributed by atoms with Gasteiger partial charge in [-0.3, -0.25) is 0 Å². The molecule has 0 bridgehead atoms. The number of aryl methyl sites for hydroxylation is 1. The van der Waals surface area contributed by atoms with Crippen LogP contribution in [0.4, 0.5) is 0 Å². The fourth-order valence-corrected chi connectivity index (χ4v) is 1.85. The molecule has 0 saturated heterocycles. The van der Waals surface area contributed by atoms with Crippen LogP contribution in [-0.2, 0) is 6.54 Å². The molecule has 2 aromatic heterocycles. The van der Waals surface area contributed by atoms with E-state index in [2.05, 4.69) is 40.8 Å². The first-order valence-electron chi connectivity index (χ1n) is 6.01. The highest BCUT2D eigenvalue weighted by molar-refractivity contribution is 5.41. The molecule has 2 heterocycles. The molecular formula is C13H19N3O. The number of aromatic nitrogens is 2. The van der Waals surface area contributed by atoms with Crippen LogP contribution >= 0.6 is 0 Å². The average molecular weight is 233 g/mol. The summed E-state index contributed by atoms with van der Waals surface area (Å²) < 4.78 is 2.09. The third-order valence-corrected chi connectivity index (χ3v) is 3.02. The summed E-state index contributed by atoms with van der Waals surface area (Å²) in [7, 11) is 0. The monoisotopic (exact) mass is 233 g/mol. The van der Waals surface area contributed by atoms with Gasteiger partial charge in [0.15, 0.2) is 0 Å². The van der Waals surface area contributed by atoms with Gasteiger partial charge >= 0.3 is 0 Å². The summed E-state index contributed by atoms with van der Waals surface area (Å²) in [4.78, 5) is 4.35. The molecule has 0 saturated carbocycles. The lowest BCUT2D eigenvalue weighted by atomic mass is 10.2.